The smallest absolute Gasteiger partial charge is 0.0962 e. The first-order valence-electron chi connectivity index (χ1n) is 39.4. The van der Waals surface area contributed by atoms with Crippen LogP contribution in [0.1, 0.15) is 200 Å². The Hall–Kier alpha value is -3.04. The molecule has 16 heterocycles. The minimum absolute atomic E-state index is 0.115. The molecule has 102 heavy (non-hydrogen) atoms. The van der Waals surface area contributed by atoms with E-state index in [4.69, 9.17) is 69.1 Å². The van der Waals surface area contributed by atoms with Crippen molar-refractivity contribution >= 4 is 90.7 Å². The summed E-state index contributed by atoms with van der Waals surface area (Å²) >= 11 is 14.7. The molecule has 0 saturated carbocycles. The first-order valence-corrected chi connectivity index (χ1v) is 43.3. The molecular weight excluding hydrogens is 1430 g/mol. The first-order chi connectivity index (χ1) is 52.1. The number of ether oxygens (including phenoxy) is 8. The number of rotatable bonds is 16. The van der Waals surface area contributed by atoms with Crippen molar-refractivity contribution in [3.05, 3.63) is 172 Å². The molecular formula is C78H116N8O8S8. The van der Waals surface area contributed by atoms with Crippen LogP contribution in [0.2, 0.25) is 0 Å². The Bertz CT molecular complexity index is 3690. The number of thiophene rings is 8. The normalized spacial score (nSPS) is 22.8. The molecule has 0 fully saturated rings. The second kappa shape index (κ2) is 43.8. The maximum absolute atomic E-state index is 7.12. The van der Waals surface area contributed by atoms with E-state index in [1.807, 2.05) is 81.9 Å². The van der Waals surface area contributed by atoms with E-state index < -0.39 is 14.0 Å². The summed E-state index contributed by atoms with van der Waals surface area (Å²) in [5.74, 6) is 0. The van der Waals surface area contributed by atoms with Crippen LogP contribution in [0, 0.1) is 27.7 Å². The Morgan fingerprint density at radius 1 is 0.363 bits per heavy atom. The zero-order valence-electron chi connectivity index (χ0n) is 67.0. The number of hydrogen-bond acceptors (Lipinski definition) is 24. The summed E-state index contributed by atoms with van der Waals surface area (Å²) in [7, 11) is 0. The minimum atomic E-state index is -2.09. The summed E-state index contributed by atoms with van der Waals surface area (Å²) < 4.78 is 87.7. The lowest BCUT2D eigenvalue weighted by molar-refractivity contribution is 0.0441. The summed E-state index contributed by atoms with van der Waals surface area (Å²) in [6.07, 6.45) is 11.5. The molecule has 0 unspecified atom stereocenters. The molecule has 16 nitrogen and oxygen atoms in total. The average Bonchev–Trinajstić information content (AvgIpc) is 1.70. The van der Waals surface area contributed by atoms with Gasteiger partial charge in [0.05, 0.1) is 102 Å². The molecule has 24 heteroatoms. The van der Waals surface area contributed by atoms with E-state index in [-0.39, 0.29) is 48.8 Å². The lowest BCUT2D eigenvalue weighted by Gasteiger charge is -2.24. The van der Waals surface area contributed by atoms with Gasteiger partial charge < -0.3 is 82.1 Å². The van der Waals surface area contributed by atoms with E-state index in [1.54, 1.807) is 22.7 Å². The van der Waals surface area contributed by atoms with E-state index in [2.05, 4.69) is 119 Å². The number of hydrogen-bond donors (Lipinski definition) is 8. The fraction of sp³-hybridized carbons (Fsp3) is 0.590. The van der Waals surface area contributed by atoms with Crippen LogP contribution in [0.25, 0.3) is 0 Å². The van der Waals surface area contributed by atoms with Crippen molar-refractivity contribution in [2.75, 3.05) is 132 Å². The van der Waals surface area contributed by atoms with Crippen LogP contribution in [0.15, 0.2) is 56.5 Å². The van der Waals surface area contributed by atoms with Crippen LogP contribution in [0.5, 0.6) is 0 Å². The van der Waals surface area contributed by atoms with Gasteiger partial charge in [0.25, 0.3) is 0 Å². The van der Waals surface area contributed by atoms with E-state index in [9.17, 15) is 0 Å². The first kappa shape index (κ1) is 74.4. The van der Waals surface area contributed by atoms with Crippen molar-refractivity contribution in [3.8, 4) is 0 Å². The Kier molecular flexibility index (Phi) is 32.0. The third-order valence-corrected chi connectivity index (χ3v) is 28.3. The van der Waals surface area contributed by atoms with Crippen molar-refractivity contribution in [1.82, 2.24) is 21.3 Å². The Balaban J connectivity index is 0.000000143. The average molecular weight is 1560 g/mol. The predicted molar refractivity (Wildman–Crippen MR) is 433 cm³/mol. The van der Waals surface area contributed by atoms with Gasteiger partial charge in [-0.15, -0.1) is 90.7 Å². The highest BCUT2D eigenvalue weighted by molar-refractivity contribution is 7.13. The molecule has 0 saturated heterocycles. The number of likely N-dealkylation sites (N-methyl/N-ethyl adjacent to an activating group) is 4. The molecule has 12 N–H and O–H groups in total. The Morgan fingerprint density at radius 2 is 0.657 bits per heavy atom. The topological polar surface area (TPSA) is 226 Å². The maximum atomic E-state index is 7.12. The third-order valence-electron chi connectivity index (χ3n) is 18.9. The van der Waals surface area contributed by atoms with E-state index in [0.717, 1.165) is 130 Å². The Morgan fingerprint density at radius 3 is 0.971 bits per heavy atom. The van der Waals surface area contributed by atoms with Crippen molar-refractivity contribution in [1.29, 1.82) is 0 Å². The van der Waals surface area contributed by atoms with Crippen LogP contribution in [0.4, 0.5) is 0 Å². The number of aryl methyl sites for hydroxylation is 6. The van der Waals surface area contributed by atoms with Crippen LogP contribution < -0.4 is 44.2 Å². The summed E-state index contributed by atoms with van der Waals surface area (Å²) in [5, 5.41) is 24.7. The summed E-state index contributed by atoms with van der Waals surface area (Å²) in [6, 6.07) is 8.91. The van der Waals surface area contributed by atoms with Gasteiger partial charge in [-0.1, -0.05) is 27.7 Å². The lowest BCUT2D eigenvalue weighted by atomic mass is 10.0. The fourth-order valence-electron chi connectivity index (χ4n) is 13.7. The van der Waals surface area contributed by atoms with Crippen molar-refractivity contribution < 1.29 is 46.1 Å². The highest BCUT2D eigenvalue weighted by Crippen LogP contribution is 2.40. The molecule has 8 atom stereocenters. The van der Waals surface area contributed by atoms with Gasteiger partial charge in [0.2, 0.25) is 0 Å². The molecule has 0 bridgehead atoms. The number of nitrogens with one attached hydrogen (secondary N) is 4. The SMILES string of the molecule is CCNC[C@@H]1OCCc2sccc21.CCNC[C@H]1OCCc2sccc21.CCc1cc2c(s1)CCO[C@@H]2CN.CCc1cc2c(s1)CCO[C@H]2CN.Cc1csc2c1[C@@H](CN)OCC2.Cc1csc2c1[C@H](CN)OCC2.[2H]C([2H])([2H])NC[C@@H]1OCCc2scc(C)c21.[2H]C([2H])([2H])NC[C@H]1OCCc2scc(C)c21. The van der Waals surface area contributed by atoms with Gasteiger partial charge >= 0.3 is 0 Å². The molecule has 8 aliphatic heterocycles. The van der Waals surface area contributed by atoms with Gasteiger partial charge in [-0.2, -0.15) is 0 Å². The quantitative estimate of drug-likeness (QED) is 0.0450. The molecule has 8 aromatic rings. The van der Waals surface area contributed by atoms with E-state index in [0.29, 0.717) is 52.5 Å². The second-order valence-electron chi connectivity index (χ2n) is 25.7. The summed E-state index contributed by atoms with van der Waals surface area (Å²) in [4.78, 5) is 14.5. The van der Waals surface area contributed by atoms with Crippen LogP contribution in [-0.4, -0.2) is 132 Å². The van der Waals surface area contributed by atoms with Gasteiger partial charge in [-0.25, -0.2) is 0 Å². The van der Waals surface area contributed by atoms with Gasteiger partial charge in [0, 0.05) is 161 Å². The molecule has 564 valence electrons. The zero-order valence-corrected chi connectivity index (χ0v) is 67.6. The van der Waals surface area contributed by atoms with Crippen molar-refractivity contribution in [3.63, 3.8) is 0 Å². The molecule has 0 radical (unpaired) electrons. The lowest BCUT2D eigenvalue weighted by Crippen LogP contribution is -2.26. The summed E-state index contributed by atoms with van der Waals surface area (Å²) in [6.45, 7) is 26.3. The standard InChI is InChI=1S/6C10H15NOS.2C9H13NOS/c2*1-7-6-13-9-3-4-12-8(5-11-2)10(7)9;2*1-2-11-7-9-8-4-6-13-10(8)3-5-12-9;2*1-2-7-5-8-9(6-11)12-4-3-10(8)13-7;2*1-6-5-12-8-2-3-11-7(4-10)9(6)8/h2*6,8,11H,3-5H2,1-2H3;2*4,6,9,11H,2-3,5,7H2,1H3;2*5,9H,2-4,6,11H2,1H3;2*5,7H,2-4,10H2,1H3/t2*8-;4*9-;2*7-/m10101010/s1/i2*2D3;;;;;;. The van der Waals surface area contributed by atoms with Crippen LogP contribution in [0.3, 0.4) is 0 Å². The molecule has 0 spiro atoms. The largest absolute Gasteiger partial charge is 0.372 e. The molecule has 0 aromatic carbocycles. The highest BCUT2D eigenvalue weighted by atomic mass is 32.1. The van der Waals surface area contributed by atoms with Gasteiger partial charge in [0.1, 0.15) is 0 Å². The monoisotopic (exact) mass is 1550 g/mol. The minimum Gasteiger partial charge on any atom is -0.372 e. The molecule has 8 aromatic heterocycles. The van der Waals surface area contributed by atoms with Gasteiger partial charge in [0.15, 0.2) is 0 Å². The number of fused-ring (bicyclic) bond motifs is 8. The van der Waals surface area contributed by atoms with Crippen LogP contribution in [-0.2, 0) is 102 Å². The predicted octanol–water partition coefficient (Wildman–Crippen LogP) is 14.7. The van der Waals surface area contributed by atoms with E-state index in [1.165, 1.54) is 116 Å². The second-order valence-corrected chi connectivity index (χ2v) is 34.0. The molecule has 0 aliphatic carbocycles. The Labute approximate surface area is 649 Å². The zero-order chi connectivity index (χ0) is 77.3. The van der Waals surface area contributed by atoms with Crippen molar-refractivity contribution in [2.45, 2.75) is 168 Å². The van der Waals surface area contributed by atoms with E-state index >= 15 is 0 Å². The molecule has 16 rings (SSSR count). The van der Waals surface area contributed by atoms with Gasteiger partial charge in [-0.05, 0) is 191 Å². The van der Waals surface area contributed by atoms with Crippen LogP contribution >= 0.6 is 90.7 Å². The highest BCUT2D eigenvalue weighted by Gasteiger charge is 2.29. The molecule has 8 aliphatic rings. The molecule has 0 amide bonds. The van der Waals surface area contributed by atoms with Crippen molar-refractivity contribution in [2.24, 2.45) is 22.9 Å². The number of nitrogens with two attached hydrogens (primary N) is 4. The maximum Gasteiger partial charge on any atom is 0.0962 e. The fourth-order valence-corrected chi connectivity index (χ4v) is 22.1. The van der Waals surface area contributed by atoms with Gasteiger partial charge in [-0.3, -0.25) is 0 Å². The summed E-state index contributed by atoms with van der Waals surface area (Å²) in [5.41, 5.74) is 38.2. The third kappa shape index (κ3) is 22.6.